The van der Waals surface area contributed by atoms with E-state index in [4.69, 9.17) is 0 Å². The summed E-state index contributed by atoms with van der Waals surface area (Å²) in [5.41, 5.74) is 1.11. The summed E-state index contributed by atoms with van der Waals surface area (Å²) in [6.45, 7) is 9.60. The Morgan fingerprint density at radius 1 is 1.27 bits per heavy atom. The summed E-state index contributed by atoms with van der Waals surface area (Å²) in [5, 5.41) is 6.45. The lowest BCUT2D eigenvalue weighted by Crippen LogP contribution is -2.39. The van der Waals surface area contributed by atoms with Gasteiger partial charge in [0.1, 0.15) is 0 Å². The van der Waals surface area contributed by atoms with Gasteiger partial charge >= 0.3 is 5.69 Å². The minimum atomic E-state index is -0.359. The molecular formula is C18H26N6O2. The topological polar surface area (TPSA) is 77.4 Å². The molecule has 0 spiro atoms. The zero-order valence-corrected chi connectivity index (χ0v) is 16.1. The van der Waals surface area contributed by atoms with Gasteiger partial charge in [-0.15, -0.1) is 0 Å². The van der Waals surface area contributed by atoms with Crippen LogP contribution in [0.25, 0.3) is 11.2 Å². The maximum absolute atomic E-state index is 13.0. The summed E-state index contributed by atoms with van der Waals surface area (Å²) in [6.07, 6.45) is 4.58. The van der Waals surface area contributed by atoms with Crippen molar-refractivity contribution in [2.24, 2.45) is 18.1 Å². The molecule has 2 aromatic rings. The van der Waals surface area contributed by atoms with Crippen molar-refractivity contribution in [2.45, 2.75) is 47.2 Å². The molecule has 0 atom stereocenters. The maximum Gasteiger partial charge on any atom is 0.332 e. The van der Waals surface area contributed by atoms with Gasteiger partial charge in [0.05, 0.1) is 12.3 Å². The summed E-state index contributed by atoms with van der Waals surface area (Å²) in [6, 6.07) is 0. The first-order valence-corrected chi connectivity index (χ1v) is 8.98. The molecule has 140 valence electrons. The fourth-order valence-electron chi connectivity index (χ4n) is 3.12. The number of anilines is 1. The van der Waals surface area contributed by atoms with Crippen LogP contribution >= 0.6 is 0 Å². The van der Waals surface area contributed by atoms with Gasteiger partial charge in [-0.3, -0.25) is 18.5 Å². The van der Waals surface area contributed by atoms with Gasteiger partial charge in [-0.05, 0) is 26.2 Å². The second kappa shape index (κ2) is 6.93. The molecule has 0 bridgehead atoms. The third kappa shape index (κ3) is 3.00. The highest BCUT2D eigenvalue weighted by Crippen LogP contribution is 2.24. The zero-order valence-electron chi connectivity index (χ0n) is 16.1. The molecule has 3 rings (SSSR count). The molecule has 3 heterocycles. The van der Waals surface area contributed by atoms with E-state index in [1.54, 1.807) is 13.1 Å². The van der Waals surface area contributed by atoms with Crippen LogP contribution in [0.4, 0.5) is 5.95 Å². The summed E-state index contributed by atoms with van der Waals surface area (Å²) in [5.74, 6) is 1.16. The quantitative estimate of drug-likeness (QED) is 0.763. The number of hydrazone groups is 1. The van der Waals surface area contributed by atoms with Gasteiger partial charge in [0.15, 0.2) is 11.2 Å². The Morgan fingerprint density at radius 3 is 2.65 bits per heavy atom. The standard InChI is InChI=1S/C18H26N6O2/c1-6-7-9-22-16(25)14-15(21(5)18(22)26)19-17-23(14)11-13(4)20-24(17)10-8-12(2)3/h6-7,12H,8-11H2,1-5H3. The smallest absolute Gasteiger partial charge is 0.297 e. The average molecular weight is 358 g/mol. The van der Waals surface area contributed by atoms with E-state index in [2.05, 4.69) is 23.9 Å². The van der Waals surface area contributed by atoms with E-state index < -0.39 is 0 Å². The highest BCUT2D eigenvalue weighted by molar-refractivity contribution is 5.87. The molecule has 2 aromatic heterocycles. The van der Waals surface area contributed by atoms with E-state index in [-0.39, 0.29) is 17.8 Å². The minimum absolute atomic E-state index is 0.253. The average Bonchev–Trinajstić information content (AvgIpc) is 2.97. The van der Waals surface area contributed by atoms with Crippen LogP contribution in [0.1, 0.15) is 34.1 Å². The molecule has 0 radical (unpaired) electrons. The number of imidazole rings is 1. The molecule has 8 nitrogen and oxygen atoms in total. The van der Waals surface area contributed by atoms with Crippen molar-refractivity contribution in [3.63, 3.8) is 0 Å². The van der Waals surface area contributed by atoms with Gasteiger partial charge in [0, 0.05) is 20.1 Å². The number of nitrogens with zero attached hydrogens (tertiary/aromatic N) is 6. The summed E-state index contributed by atoms with van der Waals surface area (Å²) in [7, 11) is 1.65. The lowest BCUT2D eigenvalue weighted by Gasteiger charge is -2.25. The maximum atomic E-state index is 13.0. The van der Waals surface area contributed by atoms with Gasteiger partial charge in [0.25, 0.3) is 5.56 Å². The van der Waals surface area contributed by atoms with Crippen molar-refractivity contribution < 1.29 is 0 Å². The lowest BCUT2D eigenvalue weighted by atomic mass is 10.1. The van der Waals surface area contributed by atoms with Crippen LogP contribution in [-0.4, -0.2) is 30.9 Å². The monoisotopic (exact) mass is 358 g/mol. The highest BCUT2D eigenvalue weighted by Gasteiger charge is 2.26. The highest BCUT2D eigenvalue weighted by atomic mass is 16.2. The SMILES string of the molecule is CC=CCn1c(=O)c2c(nc3n2CC(C)=NN3CCC(C)C)n(C)c1=O. The number of rotatable bonds is 5. The molecule has 26 heavy (non-hydrogen) atoms. The second-order valence-electron chi connectivity index (χ2n) is 7.14. The van der Waals surface area contributed by atoms with Crippen molar-refractivity contribution in [3.8, 4) is 0 Å². The van der Waals surface area contributed by atoms with Crippen LogP contribution in [-0.2, 0) is 20.1 Å². The van der Waals surface area contributed by atoms with Gasteiger partial charge in [-0.25, -0.2) is 9.80 Å². The van der Waals surface area contributed by atoms with Gasteiger partial charge in [-0.2, -0.15) is 10.1 Å². The third-order valence-corrected chi connectivity index (χ3v) is 4.56. The lowest BCUT2D eigenvalue weighted by molar-refractivity contribution is 0.565. The molecule has 8 heteroatoms. The molecule has 0 N–H and O–H groups in total. The minimum Gasteiger partial charge on any atom is -0.297 e. The third-order valence-electron chi connectivity index (χ3n) is 4.56. The van der Waals surface area contributed by atoms with Crippen molar-refractivity contribution in [1.29, 1.82) is 0 Å². The Bertz CT molecular complexity index is 1010. The predicted octanol–water partition coefficient (Wildman–Crippen LogP) is 1.71. The van der Waals surface area contributed by atoms with Crippen LogP contribution in [0.2, 0.25) is 0 Å². The molecule has 1 aliphatic heterocycles. The molecule has 0 aromatic carbocycles. The van der Waals surface area contributed by atoms with Crippen molar-refractivity contribution in [2.75, 3.05) is 11.6 Å². The number of aromatic nitrogens is 4. The first-order chi connectivity index (χ1) is 12.3. The Balaban J connectivity index is 2.22. The van der Waals surface area contributed by atoms with E-state index in [9.17, 15) is 9.59 Å². The van der Waals surface area contributed by atoms with Crippen molar-refractivity contribution in [1.82, 2.24) is 18.7 Å². The van der Waals surface area contributed by atoms with Crippen LogP contribution in [0.3, 0.4) is 0 Å². The predicted molar refractivity (Wildman–Crippen MR) is 104 cm³/mol. The first kappa shape index (κ1) is 18.2. The number of allylic oxidation sites excluding steroid dienone is 2. The Hall–Kier alpha value is -2.64. The van der Waals surface area contributed by atoms with Gasteiger partial charge in [-0.1, -0.05) is 26.0 Å². The van der Waals surface area contributed by atoms with Crippen molar-refractivity contribution in [3.05, 3.63) is 33.0 Å². The van der Waals surface area contributed by atoms with E-state index >= 15 is 0 Å². The van der Waals surface area contributed by atoms with Crippen LogP contribution < -0.4 is 16.3 Å². The first-order valence-electron chi connectivity index (χ1n) is 8.98. The molecule has 0 saturated heterocycles. The molecular weight excluding hydrogens is 332 g/mol. The zero-order chi connectivity index (χ0) is 19.0. The summed E-state index contributed by atoms with van der Waals surface area (Å²) >= 11 is 0. The van der Waals surface area contributed by atoms with Gasteiger partial charge in [0.2, 0.25) is 5.95 Å². The molecule has 1 aliphatic rings. The Labute approximate surface area is 152 Å². The van der Waals surface area contributed by atoms with E-state index in [1.807, 2.05) is 29.5 Å². The Kier molecular flexibility index (Phi) is 4.84. The van der Waals surface area contributed by atoms with Crippen LogP contribution in [0.5, 0.6) is 0 Å². The fourth-order valence-corrected chi connectivity index (χ4v) is 3.12. The van der Waals surface area contributed by atoms with Crippen LogP contribution in [0.15, 0.2) is 26.8 Å². The summed E-state index contributed by atoms with van der Waals surface area (Å²) in [4.78, 5) is 30.2. The fraction of sp³-hybridized carbons (Fsp3) is 0.556. The summed E-state index contributed by atoms with van der Waals surface area (Å²) < 4.78 is 4.57. The largest absolute Gasteiger partial charge is 0.332 e. The number of aryl methyl sites for hydroxylation is 1. The van der Waals surface area contributed by atoms with E-state index in [0.717, 1.165) is 18.7 Å². The molecule has 0 fully saturated rings. The van der Waals surface area contributed by atoms with E-state index in [1.165, 1.54) is 9.13 Å². The van der Waals surface area contributed by atoms with Gasteiger partial charge < -0.3 is 0 Å². The Morgan fingerprint density at radius 2 is 2.00 bits per heavy atom. The number of hydrogen-bond donors (Lipinski definition) is 0. The number of hydrogen-bond acceptors (Lipinski definition) is 5. The van der Waals surface area contributed by atoms with Crippen LogP contribution in [0, 0.1) is 5.92 Å². The molecule has 0 aliphatic carbocycles. The van der Waals surface area contributed by atoms with E-state index in [0.29, 0.717) is 29.6 Å². The van der Waals surface area contributed by atoms with Crippen molar-refractivity contribution >= 4 is 22.8 Å². The normalized spacial score (nSPS) is 14.5. The molecule has 0 amide bonds. The molecule has 0 saturated carbocycles. The second-order valence-corrected chi connectivity index (χ2v) is 7.14. The molecule has 0 unspecified atom stereocenters. The number of fused-ring (bicyclic) bond motifs is 3.